The van der Waals surface area contributed by atoms with E-state index in [1.165, 1.54) is 5.56 Å². The molecule has 1 amide bonds. The quantitative estimate of drug-likeness (QED) is 0.517. The van der Waals surface area contributed by atoms with Gasteiger partial charge in [0, 0.05) is 22.4 Å². The fraction of sp³-hybridized carbons (Fsp3) is 0.259. The van der Waals surface area contributed by atoms with Crippen molar-refractivity contribution >= 4 is 17.4 Å². The molecule has 0 aliphatic rings. The van der Waals surface area contributed by atoms with Crippen molar-refractivity contribution in [3.8, 4) is 0 Å². The maximum atomic E-state index is 12.9. The second-order valence-corrected chi connectivity index (χ2v) is 8.94. The molecular formula is C27H29NO2. The first-order chi connectivity index (χ1) is 14.1. The highest BCUT2D eigenvalue weighted by atomic mass is 16.1. The molecule has 0 unspecified atom stereocenters. The van der Waals surface area contributed by atoms with Crippen molar-refractivity contribution < 1.29 is 9.59 Å². The van der Waals surface area contributed by atoms with Gasteiger partial charge in [-0.1, -0.05) is 63.2 Å². The van der Waals surface area contributed by atoms with Crippen molar-refractivity contribution in [1.29, 1.82) is 0 Å². The Balaban J connectivity index is 1.81. The molecule has 0 atom stereocenters. The Hall–Kier alpha value is -3.20. The van der Waals surface area contributed by atoms with E-state index in [2.05, 4.69) is 26.1 Å². The van der Waals surface area contributed by atoms with Crippen molar-refractivity contribution in [3.05, 3.63) is 99.6 Å². The standard InChI is InChI=1S/C27H29NO2/c1-17-14-19(3)24(15-18(17)2)26(30)28-23-9-7-8-21(16-23)25(29)20-10-12-22(13-11-20)27(4,5)6/h7-16H,1-6H3,(H,28,30). The maximum absolute atomic E-state index is 12.9. The Labute approximate surface area is 179 Å². The smallest absolute Gasteiger partial charge is 0.255 e. The molecule has 0 aliphatic carbocycles. The van der Waals surface area contributed by atoms with Gasteiger partial charge >= 0.3 is 0 Å². The fourth-order valence-electron chi connectivity index (χ4n) is 3.43. The second kappa shape index (κ2) is 8.27. The number of aryl methyl sites for hydroxylation is 3. The van der Waals surface area contributed by atoms with Crippen molar-refractivity contribution in [2.24, 2.45) is 0 Å². The van der Waals surface area contributed by atoms with E-state index in [0.29, 0.717) is 22.4 Å². The van der Waals surface area contributed by atoms with Crippen molar-refractivity contribution in [1.82, 2.24) is 0 Å². The van der Waals surface area contributed by atoms with E-state index in [1.54, 1.807) is 24.3 Å². The van der Waals surface area contributed by atoms with E-state index in [1.807, 2.05) is 57.2 Å². The van der Waals surface area contributed by atoms with Gasteiger partial charge in [0.2, 0.25) is 0 Å². The molecule has 0 radical (unpaired) electrons. The van der Waals surface area contributed by atoms with Gasteiger partial charge in [0.05, 0.1) is 0 Å². The molecular weight excluding hydrogens is 370 g/mol. The number of hydrogen-bond acceptors (Lipinski definition) is 2. The van der Waals surface area contributed by atoms with Crippen LogP contribution in [0.1, 0.15) is 69.3 Å². The van der Waals surface area contributed by atoms with Crippen molar-refractivity contribution in [3.63, 3.8) is 0 Å². The monoisotopic (exact) mass is 399 g/mol. The number of anilines is 1. The minimum absolute atomic E-state index is 0.0399. The SMILES string of the molecule is Cc1cc(C)c(C(=O)Nc2cccc(C(=O)c3ccc(C(C)(C)C)cc3)c2)cc1C. The first-order valence-corrected chi connectivity index (χ1v) is 10.2. The van der Waals surface area contributed by atoms with Crippen LogP contribution < -0.4 is 5.32 Å². The Morgan fingerprint density at radius 2 is 1.37 bits per heavy atom. The van der Waals surface area contributed by atoms with E-state index in [4.69, 9.17) is 0 Å². The largest absolute Gasteiger partial charge is 0.322 e. The molecule has 1 N–H and O–H groups in total. The van der Waals surface area contributed by atoms with Gasteiger partial charge in [0.25, 0.3) is 5.91 Å². The van der Waals surface area contributed by atoms with E-state index in [-0.39, 0.29) is 17.1 Å². The third kappa shape index (κ3) is 4.68. The van der Waals surface area contributed by atoms with Crippen molar-refractivity contribution in [2.75, 3.05) is 5.32 Å². The topological polar surface area (TPSA) is 46.2 Å². The molecule has 154 valence electrons. The number of benzene rings is 3. The van der Waals surface area contributed by atoms with Gasteiger partial charge in [-0.25, -0.2) is 0 Å². The summed E-state index contributed by atoms with van der Waals surface area (Å²) in [6, 6.07) is 18.8. The van der Waals surface area contributed by atoms with Crippen LogP contribution in [0.15, 0.2) is 60.7 Å². The van der Waals surface area contributed by atoms with E-state index in [0.717, 1.165) is 16.7 Å². The van der Waals surface area contributed by atoms with Crippen LogP contribution >= 0.6 is 0 Å². The summed E-state index contributed by atoms with van der Waals surface area (Å²) in [5.41, 5.74) is 6.83. The average Bonchev–Trinajstić information content (AvgIpc) is 2.69. The lowest BCUT2D eigenvalue weighted by molar-refractivity contribution is 0.102. The summed E-state index contributed by atoms with van der Waals surface area (Å²) >= 11 is 0. The van der Waals surface area contributed by atoms with Gasteiger partial charge in [-0.2, -0.15) is 0 Å². The highest BCUT2D eigenvalue weighted by molar-refractivity contribution is 6.10. The lowest BCUT2D eigenvalue weighted by Crippen LogP contribution is -2.14. The predicted molar refractivity (Wildman–Crippen MR) is 124 cm³/mol. The van der Waals surface area contributed by atoms with Crippen LogP contribution in [0.25, 0.3) is 0 Å². The summed E-state index contributed by atoms with van der Waals surface area (Å²) < 4.78 is 0. The zero-order valence-corrected chi connectivity index (χ0v) is 18.6. The molecule has 3 nitrogen and oxygen atoms in total. The molecule has 0 saturated carbocycles. The molecule has 0 aliphatic heterocycles. The highest BCUT2D eigenvalue weighted by Gasteiger charge is 2.16. The molecule has 3 aromatic rings. The number of rotatable bonds is 4. The number of carbonyl (C=O) groups is 2. The Morgan fingerprint density at radius 1 is 0.733 bits per heavy atom. The average molecular weight is 400 g/mol. The van der Waals surface area contributed by atoms with E-state index in [9.17, 15) is 9.59 Å². The van der Waals surface area contributed by atoms with Crippen LogP contribution in [0, 0.1) is 20.8 Å². The third-order valence-corrected chi connectivity index (χ3v) is 5.48. The maximum Gasteiger partial charge on any atom is 0.255 e. The summed E-state index contributed by atoms with van der Waals surface area (Å²) in [6.07, 6.45) is 0. The summed E-state index contributed by atoms with van der Waals surface area (Å²) in [7, 11) is 0. The molecule has 0 bridgehead atoms. The summed E-state index contributed by atoms with van der Waals surface area (Å²) in [4.78, 5) is 25.7. The molecule has 3 aromatic carbocycles. The zero-order chi connectivity index (χ0) is 22.1. The van der Waals surface area contributed by atoms with Gasteiger partial charge < -0.3 is 5.32 Å². The van der Waals surface area contributed by atoms with Gasteiger partial charge in [0.15, 0.2) is 5.78 Å². The number of nitrogens with one attached hydrogen (secondary N) is 1. The zero-order valence-electron chi connectivity index (χ0n) is 18.6. The number of amides is 1. The van der Waals surface area contributed by atoms with Gasteiger partial charge in [-0.15, -0.1) is 0 Å². The first kappa shape index (κ1) is 21.5. The Kier molecular flexibility index (Phi) is 5.93. The lowest BCUT2D eigenvalue weighted by atomic mass is 9.86. The van der Waals surface area contributed by atoms with Crippen LogP contribution in [-0.4, -0.2) is 11.7 Å². The normalized spacial score (nSPS) is 11.3. The number of ketones is 1. The lowest BCUT2D eigenvalue weighted by Gasteiger charge is -2.19. The van der Waals surface area contributed by atoms with Crippen LogP contribution in [0.2, 0.25) is 0 Å². The minimum Gasteiger partial charge on any atom is -0.322 e. The molecule has 0 spiro atoms. The molecule has 0 fully saturated rings. The van der Waals surface area contributed by atoms with Crippen LogP contribution in [-0.2, 0) is 5.41 Å². The summed E-state index contributed by atoms with van der Waals surface area (Å²) in [5, 5.41) is 2.93. The molecule has 3 heteroatoms. The number of carbonyl (C=O) groups excluding carboxylic acids is 2. The van der Waals surface area contributed by atoms with Crippen LogP contribution in [0.4, 0.5) is 5.69 Å². The third-order valence-electron chi connectivity index (χ3n) is 5.48. The van der Waals surface area contributed by atoms with Gasteiger partial charge in [-0.05, 0) is 66.6 Å². The Morgan fingerprint density at radius 3 is 2.00 bits per heavy atom. The van der Waals surface area contributed by atoms with E-state index < -0.39 is 0 Å². The predicted octanol–water partition coefficient (Wildman–Crippen LogP) is 6.39. The molecule has 0 aromatic heterocycles. The molecule has 0 saturated heterocycles. The molecule has 3 rings (SSSR count). The minimum atomic E-state index is -0.172. The van der Waals surface area contributed by atoms with Gasteiger partial charge in [-0.3, -0.25) is 9.59 Å². The molecule has 0 heterocycles. The number of hydrogen-bond donors (Lipinski definition) is 1. The van der Waals surface area contributed by atoms with Crippen molar-refractivity contribution in [2.45, 2.75) is 47.0 Å². The van der Waals surface area contributed by atoms with Crippen LogP contribution in [0.5, 0.6) is 0 Å². The Bertz CT molecular complexity index is 1100. The summed E-state index contributed by atoms with van der Waals surface area (Å²) in [6.45, 7) is 12.4. The second-order valence-electron chi connectivity index (χ2n) is 8.94. The summed E-state index contributed by atoms with van der Waals surface area (Å²) in [5.74, 6) is -0.233. The fourth-order valence-corrected chi connectivity index (χ4v) is 3.43. The first-order valence-electron chi connectivity index (χ1n) is 10.2. The van der Waals surface area contributed by atoms with Crippen LogP contribution in [0.3, 0.4) is 0 Å². The molecule has 30 heavy (non-hydrogen) atoms. The highest BCUT2D eigenvalue weighted by Crippen LogP contribution is 2.24. The van der Waals surface area contributed by atoms with E-state index >= 15 is 0 Å². The van der Waals surface area contributed by atoms with Gasteiger partial charge in [0.1, 0.15) is 0 Å².